The van der Waals surface area contributed by atoms with Gasteiger partial charge >= 0.3 is 0 Å². The minimum Gasteiger partial charge on any atom is -0.383 e. The lowest BCUT2D eigenvalue weighted by Gasteiger charge is -2.23. The Morgan fingerprint density at radius 3 is 2.43 bits per heavy atom. The molecular formula is C21H25FN2O4. The zero-order chi connectivity index (χ0) is 20.4. The fourth-order valence-corrected chi connectivity index (χ4v) is 2.68. The van der Waals surface area contributed by atoms with Gasteiger partial charge in [0, 0.05) is 26.5 Å². The predicted octanol–water partition coefficient (Wildman–Crippen LogP) is 2.31. The number of methoxy groups -OCH3 is 2. The first-order valence-electron chi connectivity index (χ1n) is 8.92. The molecule has 150 valence electrons. The number of hydrogen-bond donors (Lipinski definition) is 1. The van der Waals surface area contributed by atoms with E-state index in [1.807, 2.05) is 0 Å². The van der Waals surface area contributed by atoms with Gasteiger partial charge in [-0.25, -0.2) is 4.39 Å². The van der Waals surface area contributed by atoms with Gasteiger partial charge in [0.15, 0.2) is 0 Å². The molecule has 0 saturated heterocycles. The fraction of sp³-hybridized carbons (Fsp3) is 0.333. The first-order chi connectivity index (χ1) is 13.5. The highest BCUT2D eigenvalue weighted by Gasteiger charge is 2.16. The van der Waals surface area contributed by atoms with Crippen molar-refractivity contribution in [2.24, 2.45) is 0 Å². The summed E-state index contributed by atoms with van der Waals surface area (Å²) in [5.74, 6) is -0.694. The number of hydrogen-bond acceptors (Lipinski definition) is 4. The average molecular weight is 388 g/mol. The number of carbonyl (C=O) groups excluding carboxylic acids is 2. The molecule has 0 unspecified atom stereocenters. The summed E-state index contributed by atoms with van der Waals surface area (Å²) >= 11 is 0. The molecule has 1 N–H and O–H groups in total. The molecule has 2 aromatic carbocycles. The number of anilines is 1. The highest BCUT2D eigenvalue weighted by Crippen LogP contribution is 2.19. The standard InChI is InChI=1S/C21H25FN2O4/c1-27-11-10-23-20(25)13-16-6-8-19(9-7-16)24(21(26)15-28-2)14-17-4-3-5-18(22)12-17/h3-9,12H,10-11,13-15H2,1-2H3,(H,23,25). The molecule has 28 heavy (non-hydrogen) atoms. The van der Waals surface area contributed by atoms with Crippen molar-refractivity contribution in [2.45, 2.75) is 13.0 Å². The van der Waals surface area contributed by atoms with Crippen molar-refractivity contribution in [3.63, 3.8) is 0 Å². The smallest absolute Gasteiger partial charge is 0.253 e. The van der Waals surface area contributed by atoms with E-state index in [0.717, 1.165) is 5.56 Å². The molecule has 2 amide bonds. The summed E-state index contributed by atoms with van der Waals surface area (Å²) < 4.78 is 23.3. The van der Waals surface area contributed by atoms with Crippen LogP contribution in [0.5, 0.6) is 0 Å². The van der Waals surface area contributed by atoms with Crippen LogP contribution >= 0.6 is 0 Å². The largest absolute Gasteiger partial charge is 0.383 e. The SMILES string of the molecule is COCCNC(=O)Cc1ccc(N(Cc2cccc(F)c2)C(=O)COC)cc1. The molecule has 7 heteroatoms. The van der Waals surface area contributed by atoms with Gasteiger partial charge in [0.2, 0.25) is 5.91 Å². The number of ether oxygens (including phenoxy) is 2. The van der Waals surface area contributed by atoms with Gasteiger partial charge in [-0.3, -0.25) is 9.59 Å². The van der Waals surface area contributed by atoms with Gasteiger partial charge in [-0.15, -0.1) is 0 Å². The first kappa shape index (κ1) is 21.5. The van der Waals surface area contributed by atoms with E-state index in [1.165, 1.54) is 24.1 Å². The Balaban J connectivity index is 2.10. The Kier molecular flexibility index (Phi) is 8.58. The summed E-state index contributed by atoms with van der Waals surface area (Å²) in [4.78, 5) is 25.9. The lowest BCUT2D eigenvalue weighted by molar-refractivity contribution is -0.122. The molecule has 0 aromatic heterocycles. The van der Waals surface area contributed by atoms with Gasteiger partial charge in [-0.05, 0) is 35.4 Å². The molecule has 0 aliphatic heterocycles. The summed E-state index contributed by atoms with van der Waals surface area (Å²) in [5.41, 5.74) is 2.14. The van der Waals surface area contributed by atoms with Crippen LogP contribution in [0.1, 0.15) is 11.1 Å². The number of carbonyl (C=O) groups is 2. The summed E-state index contributed by atoms with van der Waals surface area (Å²) in [6.07, 6.45) is 0.236. The third-order valence-electron chi connectivity index (χ3n) is 4.04. The van der Waals surface area contributed by atoms with Gasteiger partial charge < -0.3 is 19.7 Å². The van der Waals surface area contributed by atoms with Crippen LogP contribution in [0, 0.1) is 5.82 Å². The topological polar surface area (TPSA) is 67.9 Å². The Labute approximate surface area is 164 Å². The van der Waals surface area contributed by atoms with Crippen LogP contribution in [0.3, 0.4) is 0 Å². The van der Waals surface area contributed by atoms with E-state index < -0.39 is 0 Å². The molecule has 0 radical (unpaired) electrons. The Bertz CT molecular complexity index is 780. The van der Waals surface area contributed by atoms with Gasteiger partial charge in [0.25, 0.3) is 5.91 Å². The van der Waals surface area contributed by atoms with E-state index in [1.54, 1.807) is 43.5 Å². The third-order valence-corrected chi connectivity index (χ3v) is 4.04. The highest BCUT2D eigenvalue weighted by atomic mass is 19.1. The van der Waals surface area contributed by atoms with E-state index >= 15 is 0 Å². The Hall–Kier alpha value is -2.77. The number of amides is 2. The molecule has 0 bridgehead atoms. The van der Waals surface area contributed by atoms with E-state index in [4.69, 9.17) is 9.47 Å². The molecule has 2 aromatic rings. The molecular weight excluding hydrogens is 363 g/mol. The second-order valence-corrected chi connectivity index (χ2v) is 6.23. The summed E-state index contributed by atoms with van der Waals surface area (Å²) in [5, 5.41) is 2.76. The van der Waals surface area contributed by atoms with Crippen LogP contribution in [0.15, 0.2) is 48.5 Å². The number of halogens is 1. The quantitative estimate of drug-likeness (QED) is 0.635. The van der Waals surface area contributed by atoms with E-state index in [2.05, 4.69) is 5.32 Å². The average Bonchev–Trinajstić information content (AvgIpc) is 2.67. The Morgan fingerprint density at radius 1 is 1.04 bits per heavy atom. The van der Waals surface area contributed by atoms with Crippen molar-refractivity contribution < 1.29 is 23.5 Å². The van der Waals surface area contributed by atoms with Crippen molar-refractivity contribution >= 4 is 17.5 Å². The molecule has 0 saturated carbocycles. The van der Waals surface area contributed by atoms with Crippen molar-refractivity contribution in [1.82, 2.24) is 5.32 Å². The summed E-state index contributed by atoms with van der Waals surface area (Å²) in [6.45, 7) is 1.05. The third kappa shape index (κ3) is 6.75. The van der Waals surface area contributed by atoms with Crippen molar-refractivity contribution in [2.75, 3.05) is 38.9 Å². The second kappa shape index (κ2) is 11.2. The van der Waals surface area contributed by atoms with Crippen molar-refractivity contribution in [3.05, 3.63) is 65.5 Å². The lowest BCUT2D eigenvalue weighted by atomic mass is 10.1. The first-order valence-corrected chi connectivity index (χ1v) is 8.92. The number of nitrogens with zero attached hydrogens (tertiary/aromatic N) is 1. The van der Waals surface area contributed by atoms with Crippen LogP contribution < -0.4 is 10.2 Å². The summed E-state index contributed by atoms with van der Waals surface area (Å²) in [6, 6.07) is 13.2. The van der Waals surface area contributed by atoms with Crippen LogP contribution in [0.4, 0.5) is 10.1 Å². The van der Waals surface area contributed by atoms with Crippen LogP contribution in [0.2, 0.25) is 0 Å². The zero-order valence-corrected chi connectivity index (χ0v) is 16.1. The molecule has 0 aliphatic rings. The number of rotatable bonds is 10. The minimum atomic E-state index is -0.355. The molecule has 0 fully saturated rings. The van der Waals surface area contributed by atoms with E-state index in [9.17, 15) is 14.0 Å². The van der Waals surface area contributed by atoms with Gasteiger partial charge in [-0.1, -0.05) is 24.3 Å². The second-order valence-electron chi connectivity index (χ2n) is 6.23. The molecule has 0 heterocycles. The number of benzene rings is 2. The normalized spacial score (nSPS) is 10.5. The van der Waals surface area contributed by atoms with E-state index in [-0.39, 0.29) is 37.2 Å². The molecule has 0 atom stereocenters. The van der Waals surface area contributed by atoms with Crippen molar-refractivity contribution in [1.29, 1.82) is 0 Å². The van der Waals surface area contributed by atoms with Gasteiger partial charge in [0.05, 0.1) is 19.6 Å². The van der Waals surface area contributed by atoms with Crippen molar-refractivity contribution in [3.8, 4) is 0 Å². The van der Waals surface area contributed by atoms with Gasteiger partial charge in [0.1, 0.15) is 12.4 Å². The van der Waals surface area contributed by atoms with Crippen LogP contribution in [-0.2, 0) is 32.0 Å². The molecule has 0 spiro atoms. The predicted molar refractivity (Wildman–Crippen MR) is 104 cm³/mol. The lowest BCUT2D eigenvalue weighted by Crippen LogP contribution is -2.33. The number of nitrogens with one attached hydrogen (secondary N) is 1. The monoisotopic (exact) mass is 388 g/mol. The zero-order valence-electron chi connectivity index (χ0n) is 16.1. The maximum atomic E-state index is 13.5. The maximum Gasteiger partial charge on any atom is 0.253 e. The molecule has 0 aliphatic carbocycles. The van der Waals surface area contributed by atoms with E-state index in [0.29, 0.717) is 24.4 Å². The molecule has 2 rings (SSSR count). The fourth-order valence-electron chi connectivity index (χ4n) is 2.68. The molecule has 6 nitrogen and oxygen atoms in total. The highest BCUT2D eigenvalue weighted by molar-refractivity contribution is 5.94. The van der Waals surface area contributed by atoms with Crippen LogP contribution in [0.25, 0.3) is 0 Å². The minimum absolute atomic E-state index is 0.0844. The van der Waals surface area contributed by atoms with Crippen LogP contribution in [-0.4, -0.2) is 45.8 Å². The van der Waals surface area contributed by atoms with Gasteiger partial charge in [-0.2, -0.15) is 0 Å². The Morgan fingerprint density at radius 2 is 1.79 bits per heavy atom. The summed E-state index contributed by atoms with van der Waals surface area (Å²) in [7, 11) is 3.02. The maximum absolute atomic E-state index is 13.5.